The monoisotopic (exact) mass is 312 g/mol. The normalized spacial score (nSPS) is 16.6. The van der Waals surface area contributed by atoms with Crippen LogP contribution in [-0.4, -0.2) is 43.5 Å². The number of carbonyl (C=O) groups is 2. The van der Waals surface area contributed by atoms with Gasteiger partial charge in [-0.05, 0) is 12.1 Å². The maximum atomic E-state index is 12.4. The van der Waals surface area contributed by atoms with E-state index >= 15 is 0 Å². The van der Waals surface area contributed by atoms with Crippen LogP contribution in [0.1, 0.15) is 6.42 Å². The molecule has 0 aromatic heterocycles. The van der Waals surface area contributed by atoms with Crippen molar-refractivity contribution in [3.8, 4) is 17.9 Å². The minimum absolute atomic E-state index is 0.0598. The Morgan fingerprint density at radius 2 is 2.00 bits per heavy atom. The summed E-state index contributed by atoms with van der Waals surface area (Å²) >= 11 is 0. The zero-order chi connectivity index (χ0) is 16.8. The molecule has 0 aliphatic carbocycles. The average Bonchev–Trinajstić information content (AvgIpc) is 2.95. The Labute approximate surface area is 134 Å². The van der Waals surface area contributed by atoms with Crippen molar-refractivity contribution in [1.82, 2.24) is 4.90 Å². The first-order valence-electron chi connectivity index (χ1n) is 7.08. The molecule has 7 nitrogen and oxygen atoms in total. The van der Waals surface area contributed by atoms with E-state index in [1.165, 1.54) is 16.9 Å². The average molecular weight is 312 g/mol. The zero-order valence-electron chi connectivity index (χ0n) is 12.7. The van der Waals surface area contributed by atoms with E-state index in [0.717, 1.165) is 0 Å². The second kappa shape index (κ2) is 7.28. The van der Waals surface area contributed by atoms with E-state index in [1.54, 1.807) is 24.3 Å². The number of amides is 2. The Kier molecular flexibility index (Phi) is 5.16. The standard InChI is InChI=1S/C16H16N4O3/c1-23-14-5-3-2-4-13(14)20-11-12(10-15(20)21)16(22)19(8-6-17)9-7-18/h2-5,12H,8-11H2,1H3. The van der Waals surface area contributed by atoms with Crippen molar-refractivity contribution in [3.63, 3.8) is 0 Å². The topological polar surface area (TPSA) is 97.4 Å². The molecule has 2 rings (SSSR count). The molecule has 1 aliphatic heterocycles. The summed E-state index contributed by atoms with van der Waals surface area (Å²) in [6.07, 6.45) is 0.0598. The second-order valence-corrected chi connectivity index (χ2v) is 5.09. The van der Waals surface area contributed by atoms with Crippen LogP contribution in [0.4, 0.5) is 5.69 Å². The number of methoxy groups -OCH3 is 1. The van der Waals surface area contributed by atoms with Crippen LogP contribution >= 0.6 is 0 Å². The lowest BCUT2D eigenvalue weighted by molar-refractivity contribution is -0.134. The summed E-state index contributed by atoms with van der Waals surface area (Å²) in [4.78, 5) is 27.4. The summed E-state index contributed by atoms with van der Waals surface area (Å²) < 4.78 is 5.25. The molecule has 0 spiro atoms. The van der Waals surface area contributed by atoms with Gasteiger partial charge in [0, 0.05) is 13.0 Å². The van der Waals surface area contributed by atoms with E-state index in [2.05, 4.69) is 0 Å². The Bertz CT molecular complexity index is 673. The lowest BCUT2D eigenvalue weighted by Gasteiger charge is -2.21. The van der Waals surface area contributed by atoms with Crippen LogP contribution in [0.25, 0.3) is 0 Å². The maximum absolute atomic E-state index is 12.4. The lowest BCUT2D eigenvalue weighted by atomic mass is 10.1. The van der Waals surface area contributed by atoms with Crippen molar-refractivity contribution in [2.24, 2.45) is 5.92 Å². The zero-order valence-corrected chi connectivity index (χ0v) is 12.7. The third-order valence-electron chi connectivity index (χ3n) is 3.69. The highest BCUT2D eigenvalue weighted by atomic mass is 16.5. The first-order chi connectivity index (χ1) is 11.1. The van der Waals surface area contributed by atoms with Gasteiger partial charge >= 0.3 is 0 Å². The molecule has 0 saturated carbocycles. The quantitative estimate of drug-likeness (QED) is 0.753. The summed E-state index contributed by atoms with van der Waals surface area (Å²) in [5.41, 5.74) is 0.613. The Morgan fingerprint density at radius 1 is 1.35 bits per heavy atom. The summed E-state index contributed by atoms with van der Waals surface area (Å²) in [5.74, 6) is -0.533. The number of carbonyl (C=O) groups excluding carboxylic acids is 2. The second-order valence-electron chi connectivity index (χ2n) is 5.09. The minimum Gasteiger partial charge on any atom is -0.495 e. The van der Waals surface area contributed by atoms with Gasteiger partial charge in [-0.25, -0.2) is 0 Å². The van der Waals surface area contributed by atoms with Crippen molar-refractivity contribution < 1.29 is 14.3 Å². The fourth-order valence-electron chi connectivity index (χ4n) is 2.60. The summed E-state index contributed by atoms with van der Waals surface area (Å²) in [5, 5.41) is 17.5. The van der Waals surface area contributed by atoms with E-state index in [1.807, 2.05) is 12.1 Å². The van der Waals surface area contributed by atoms with E-state index in [4.69, 9.17) is 15.3 Å². The van der Waals surface area contributed by atoms with Crippen LogP contribution in [0, 0.1) is 28.6 Å². The number of para-hydroxylation sites is 2. The van der Waals surface area contributed by atoms with Gasteiger partial charge in [0.25, 0.3) is 0 Å². The van der Waals surface area contributed by atoms with Crippen LogP contribution in [-0.2, 0) is 9.59 Å². The molecule has 1 atom stereocenters. The van der Waals surface area contributed by atoms with Crippen molar-refractivity contribution in [1.29, 1.82) is 10.5 Å². The van der Waals surface area contributed by atoms with Crippen molar-refractivity contribution in [2.45, 2.75) is 6.42 Å². The van der Waals surface area contributed by atoms with Crippen LogP contribution in [0.2, 0.25) is 0 Å². The highest BCUT2D eigenvalue weighted by Gasteiger charge is 2.38. The van der Waals surface area contributed by atoms with Crippen LogP contribution in [0.5, 0.6) is 5.75 Å². The summed E-state index contributed by atoms with van der Waals surface area (Å²) in [6, 6.07) is 10.8. The van der Waals surface area contributed by atoms with Gasteiger partial charge in [-0.15, -0.1) is 0 Å². The number of nitrogens with zero attached hydrogens (tertiary/aromatic N) is 4. The van der Waals surface area contributed by atoms with Gasteiger partial charge in [0.15, 0.2) is 0 Å². The fraction of sp³-hybridized carbons (Fsp3) is 0.375. The molecule has 1 aromatic carbocycles. The predicted octanol–water partition coefficient (Wildman–Crippen LogP) is 0.924. The minimum atomic E-state index is -0.561. The van der Waals surface area contributed by atoms with Gasteiger partial charge in [-0.1, -0.05) is 12.1 Å². The van der Waals surface area contributed by atoms with E-state index in [0.29, 0.717) is 11.4 Å². The molecular weight excluding hydrogens is 296 g/mol. The number of anilines is 1. The molecule has 23 heavy (non-hydrogen) atoms. The highest BCUT2D eigenvalue weighted by molar-refractivity contribution is 6.01. The number of benzene rings is 1. The number of ether oxygens (including phenoxy) is 1. The molecule has 2 amide bonds. The Balaban J connectivity index is 2.18. The predicted molar refractivity (Wildman–Crippen MR) is 81.3 cm³/mol. The summed E-state index contributed by atoms with van der Waals surface area (Å²) in [7, 11) is 1.52. The first-order valence-corrected chi connectivity index (χ1v) is 7.08. The summed E-state index contributed by atoms with van der Waals surface area (Å²) in [6.45, 7) is -0.108. The van der Waals surface area contributed by atoms with Crippen molar-refractivity contribution in [2.75, 3.05) is 31.6 Å². The SMILES string of the molecule is COc1ccccc1N1CC(C(=O)N(CC#N)CC#N)CC1=O. The van der Waals surface area contributed by atoms with Gasteiger partial charge < -0.3 is 14.5 Å². The molecular formula is C16H16N4O3. The molecule has 118 valence electrons. The molecule has 1 aromatic rings. The number of hydrogen-bond acceptors (Lipinski definition) is 5. The molecule has 1 saturated heterocycles. The third kappa shape index (κ3) is 3.41. The number of nitriles is 2. The first kappa shape index (κ1) is 16.3. The van der Waals surface area contributed by atoms with Crippen LogP contribution < -0.4 is 9.64 Å². The van der Waals surface area contributed by atoms with Crippen LogP contribution in [0.15, 0.2) is 24.3 Å². The lowest BCUT2D eigenvalue weighted by Crippen LogP contribution is -2.38. The van der Waals surface area contributed by atoms with E-state index < -0.39 is 5.92 Å². The molecule has 1 aliphatic rings. The highest BCUT2D eigenvalue weighted by Crippen LogP contribution is 2.33. The molecule has 0 bridgehead atoms. The number of rotatable bonds is 5. The molecule has 0 N–H and O–H groups in total. The molecule has 0 radical (unpaired) electrons. The molecule has 1 unspecified atom stereocenters. The molecule has 7 heteroatoms. The third-order valence-corrected chi connectivity index (χ3v) is 3.69. The Morgan fingerprint density at radius 3 is 2.61 bits per heavy atom. The van der Waals surface area contributed by atoms with E-state index in [9.17, 15) is 9.59 Å². The van der Waals surface area contributed by atoms with Gasteiger partial charge in [-0.3, -0.25) is 9.59 Å². The Hall–Kier alpha value is -3.06. The van der Waals surface area contributed by atoms with Gasteiger partial charge in [0.05, 0.1) is 30.9 Å². The van der Waals surface area contributed by atoms with Gasteiger partial charge in [-0.2, -0.15) is 10.5 Å². The van der Waals surface area contributed by atoms with E-state index in [-0.39, 0.29) is 37.9 Å². The molecule has 1 heterocycles. The molecule has 1 fully saturated rings. The van der Waals surface area contributed by atoms with Crippen LogP contribution in [0.3, 0.4) is 0 Å². The smallest absolute Gasteiger partial charge is 0.229 e. The maximum Gasteiger partial charge on any atom is 0.229 e. The fourth-order valence-corrected chi connectivity index (χ4v) is 2.60. The van der Waals surface area contributed by atoms with Gasteiger partial charge in [0.2, 0.25) is 11.8 Å². The van der Waals surface area contributed by atoms with Crippen molar-refractivity contribution >= 4 is 17.5 Å². The largest absolute Gasteiger partial charge is 0.495 e. The van der Waals surface area contributed by atoms with Crippen molar-refractivity contribution in [3.05, 3.63) is 24.3 Å². The number of hydrogen-bond donors (Lipinski definition) is 0. The van der Waals surface area contributed by atoms with Gasteiger partial charge in [0.1, 0.15) is 18.8 Å².